The van der Waals surface area contributed by atoms with Crippen LogP contribution in [0, 0.1) is 13.8 Å². The normalized spacial score (nSPS) is 10.7. The summed E-state index contributed by atoms with van der Waals surface area (Å²) >= 11 is 0. The molecule has 6 heteroatoms. The van der Waals surface area contributed by atoms with Gasteiger partial charge in [0.25, 0.3) is 5.91 Å². The minimum Gasteiger partial charge on any atom is -0.504 e. The van der Waals surface area contributed by atoms with Crippen LogP contribution in [0.4, 0.5) is 0 Å². The molecule has 23 heavy (non-hydrogen) atoms. The van der Waals surface area contributed by atoms with Crippen molar-refractivity contribution in [3.05, 3.63) is 53.1 Å². The van der Waals surface area contributed by atoms with E-state index in [1.807, 2.05) is 32.0 Å². The molecule has 2 rings (SSSR count). The van der Waals surface area contributed by atoms with Crippen LogP contribution in [-0.2, 0) is 4.79 Å². The number of ether oxygens (including phenoxy) is 1. The molecule has 1 amide bonds. The molecule has 3 N–H and O–H groups in total. The summed E-state index contributed by atoms with van der Waals surface area (Å²) in [5.74, 6) is -0.327. The van der Waals surface area contributed by atoms with E-state index in [0.29, 0.717) is 11.3 Å². The van der Waals surface area contributed by atoms with E-state index in [9.17, 15) is 15.0 Å². The number of nitrogens with zero attached hydrogens (tertiary/aromatic N) is 1. The van der Waals surface area contributed by atoms with Crippen molar-refractivity contribution in [2.24, 2.45) is 5.10 Å². The smallest absolute Gasteiger partial charge is 0.277 e. The molecule has 0 saturated carbocycles. The van der Waals surface area contributed by atoms with Crippen molar-refractivity contribution in [3.63, 3.8) is 0 Å². The first-order valence-electron chi connectivity index (χ1n) is 7.00. The number of para-hydroxylation sites is 1. The molecule has 2 aromatic carbocycles. The lowest BCUT2D eigenvalue weighted by molar-refractivity contribution is -0.123. The van der Waals surface area contributed by atoms with E-state index >= 15 is 0 Å². The van der Waals surface area contributed by atoms with Gasteiger partial charge in [0.05, 0.1) is 6.21 Å². The van der Waals surface area contributed by atoms with Gasteiger partial charge in [-0.25, -0.2) is 5.43 Å². The first kappa shape index (κ1) is 16.4. The third-order valence-electron chi connectivity index (χ3n) is 3.14. The van der Waals surface area contributed by atoms with E-state index in [1.165, 1.54) is 12.3 Å². The minimum absolute atomic E-state index is 0.173. The van der Waals surface area contributed by atoms with E-state index in [-0.39, 0.29) is 18.1 Å². The first-order valence-corrected chi connectivity index (χ1v) is 7.00. The van der Waals surface area contributed by atoms with Gasteiger partial charge >= 0.3 is 0 Å². The maximum absolute atomic E-state index is 11.7. The fourth-order valence-corrected chi connectivity index (χ4v) is 1.87. The van der Waals surface area contributed by atoms with Crippen molar-refractivity contribution in [3.8, 4) is 17.2 Å². The van der Waals surface area contributed by atoms with E-state index in [0.717, 1.165) is 11.1 Å². The lowest BCUT2D eigenvalue weighted by atomic mass is 10.1. The third-order valence-corrected chi connectivity index (χ3v) is 3.14. The number of amides is 1. The van der Waals surface area contributed by atoms with Crippen LogP contribution in [0.15, 0.2) is 41.5 Å². The topological polar surface area (TPSA) is 91.2 Å². The van der Waals surface area contributed by atoms with Crippen molar-refractivity contribution < 1.29 is 19.7 Å². The van der Waals surface area contributed by atoms with Gasteiger partial charge in [0.15, 0.2) is 18.1 Å². The van der Waals surface area contributed by atoms with Crippen LogP contribution >= 0.6 is 0 Å². The zero-order valence-corrected chi connectivity index (χ0v) is 12.9. The van der Waals surface area contributed by atoms with Gasteiger partial charge in [0.2, 0.25) is 0 Å². The fraction of sp³-hybridized carbons (Fsp3) is 0.176. The number of carbonyl (C=O) groups is 1. The van der Waals surface area contributed by atoms with Gasteiger partial charge in [0.1, 0.15) is 5.75 Å². The monoisotopic (exact) mass is 314 g/mol. The Morgan fingerprint density at radius 1 is 1.26 bits per heavy atom. The van der Waals surface area contributed by atoms with Crippen molar-refractivity contribution >= 4 is 12.1 Å². The highest BCUT2D eigenvalue weighted by Crippen LogP contribution is 2.26. The molecule has 0 saturated heterocycles. The standard InChI is InChI=1S/C17H18N2O4/c1-11-6-7-12(2)15(8-11)23-10-16(21)19-18-9-13-4-3-5-14(20)17(13)22/h3-9,20,22H,10H2,1-2H3,(H,19,21)/b18-9+. The number of phenolic OH excluding ortho intramolecular Hbond substituents is 2. The molecule has 6 nitrogen and oxygen atoms in total. The molecule has 0 aliphatic carbocycles. The summed E-state index contributed by atoms with van der Waals surface area (Å²) < 4.78 is 5.45. The molecule has 0 heterocycles. The Morgan fingerprint density at radius 3 is 2.83 bits per heavy atom. The van der Waals surface area contributed by atoms with Crippen molar-refractivity contribution in [1.29, 1.82) is 0 Å². The van der Waals surface area contributed by atoms with Crippen molar-refractivity contribution in [2.45, 2.75) is 13.8 Å². The molecule has 2 aromatic rings. The summed E-state index contributed by atoms with van der Waals surface area (Å²) in [5.41, 5.74) is 4.57. The summed E-state index contributed by atoms with van der Waals surface area (Å²) in [6.45, 7) is 3.67. The molecular weight excluding hydrogens is 296 g/mol. The maximum atomic E-state index is 11.7. The highest BCUT2D eigenvalue weighted by Gasteiger charge is 2.05. The quantitative estimate of drug-likeness (QED) is 0.448. The summed E-state index contributed by atoms with van der Waals surface area (Å²) in [5, 5.41) is 22.7. The Hall–Kier alpha value is -3.02. The van der Waals surface area contributed by atoms with Crippen LogP contribution in [0.3, 0.4) is 0 Å². The van der Waals surface area contributed by atoms with E-state index in [4.69, 9.17) is 4.74 Å². The number of nitrogens with one attached hydrogen (secondary N) is 1. The summed E-state index contributed by atoms with van der Waals surface area (Å²) in [6, 6.07) is 10.2. The van der Waals surface area contributed by atoms with E-state index < -0.39 is 5.91 Å². The number of aryl methyl sites for hydroxylation is 2. The van der Waals surface area contributed by atoms with Crippen LogP contribution in [0.2, 0.25) is 0 Å². The minimum atomic E-state index is -0.429. The Morgan fingerprint density at radius 2 is 2.04 bits per heavy atom. The molecule has 0 aliphatic heterocycles. The third kappa shape index (κ3) is 4.47. The maximum Gasteiger partial charge on any atom is 0.277 e. The second-order valence-electron chi connectivity index (χ2n) is 5.07. The predicted molar refractivity (Wildman–Crippen MR) is 86.9 cm³/mol. The molecule has 0 spiro atoms. The number of benzene rings is 2. The number of carbonyl (C=O) groups excluding carboxylic acids is 1. The Bertz CT molecular complexity index is 741. The predicted octanol–water partition coefficient (Wildman–Crippen LogP) is 2.24. The number of rotatable bonds is 5. The van der Waals surface area contributed by atoms with Gasteiger partial charge in [-0.3, -0.25) is 4.79 Å². The second-order valence-corrected chi connectivity index (χ2v) is 5.07. The highest BCUT2D eigenvalue weighted by atomic mass is 16.5. The van der Waals surface area contributed by atoms with Crippen molar-refractivity contribution in [1.82, 2.24) is 5.43 Å². The molecule has 0 unspecified atom stereocenters. The molecule has 0 bridgehead atoms. The van der Waals surface area contributed by atoms with Gasteiger partial charge in [-0.15, -0.1) is 0 Å². The first-order chi connectivity index (χ1) is 11.0. The number of phenols is 2. The van der Waals surface area contributed by atoms with Gasteiger partial charge in [0, 0.05) is 5.56 Å². The van der Waals surface area contributed by atoms with E-state index in [1.54, 1.807) is 12.1 Å². The molecule has 0 fully saturated rings. The van der Waals surface area contributed by atoms with Crippen LogP contribution in [0.5, 0.6) is 17.2 Å². The Kier molecular flexibility index (Phi) is 5.19. The molecule has 0 radical (unpaired) electrons. The van der Waals surface area contributed by atoms with Gasteiger partial charge in [-0.1, -0.05) is 18.2 Å². The summed E-state index contributed by atoms with van der Waals surface area (Å²) in [4.78, 5) is 11.7. The lowest BCUT2D eigenvalue weighted by Gasteiger charge is -2.08. The average Bonchev–Trinajstić information content (AvgIpc) is 2.52. The summed E-state index contributed by atoms with van der Waals surface area (Å²) in [6.07, 6.45) is 1.24. The van der Waals surface area contributed by atoms with Gasteiger partial charge in [-0.2, -0.15) is 5.10 Å². The van der Waals surface area contributed by atoms with E-state index in [2.05, 4.69) is 10.5 Å². The second kappa shape index (κ2) is 7.31. The average molecular weight is 314 g/mol. The van der Waals surface area contributed by atoms with Crippen LogP contribution in [0.1, 0.15) is 16.7 Å². The highest BCUT2D eigenvalue weighted by molar-refractivity contribution is 5.86. The molecular formula is C17H18N2O4. The Labute approximate surface area is 134 Å². The van der Waals surface area contributed by atoms with Crippen LogP contribution in [-0.4, -0.2) is 28.9 Å². The fourth-order valence-electron chi connectivity index (χ4n) is 1.87. The molecule has 0 aliphatic rings. The SMILES string of the molecule is Cc1ccc(C)c(OCC(=O)N/N=C/c2cccc(O)c2O)c1. The number of aromatic hydroxyl groups is 2. The van der Waals surface area contributed by atoms with Gasteiger partial charge < -0.3 is 14.9 Å². The Balaban J connectivity index is 1.89. The van der Waals surface area contributed by atoms with Crippen LogP contribution in [0.25, 0.3) is 0 Å². The molecule has 120 valence electrons. The van der Waals surface area contributed by atoms with Gasteiger partial charge in [-0.05, 0) is 43.2 Å². The largest absolute Gasteiger partial charge is 0.504 e. The lowest BCUT2D eigenvalue weighted by Crippen LogP contribution is -2.24. The molecule has 0 aromatic heterocycles. The van der Waals surface area contributed by atoms with Crippen molar-refractivity contribution in [2.75, 3.05) is 6.61 Å². The zero-order valence-electron chi connectivity index (χ0n) is 12.9. The number of hydrogen-bond donors (Lipinski definition) is 3. The van der Waals surface area contributed by atoms with Crippen LogP contribution < -0.4 is 10.2 Å². The number of hydrogen-bond acceptors (Lipinski definition) is 5. The number of hydrazone groups is 1. The molecule has 0 atom stereocenters. The summed E-state index contributed by atoms with van der Waals surface area (Å²) in [7, 11) is 0. The zero-order chi connectivity index (χ0) is 16.8.